The van der Waals surface area contributed by atoms with Gasteiger partial charge in [0.15, 0.2) is 11.6 Å². The summed E-state index contributed by atoms with van der Waals surface area (Å²) in [4.78, 5) is 86.1. The van der Waals surface area contributed by atoms with Crippen LogP contribution in [0.3, 0.4) is 0 Å². The number of hydrogen-bond donors (Lipinski definition) is 11. The van der Waals surface area contributed by atoms with E-state index in [1.165, 1.54) is 23.2 Å². The third-order valence-corrected chi connectivity index (χ3v) is 11.5. The van der Waals surface area contributed by atoms with Gasteiger partial charge < -0.3 is 26.8 Å². The third-order valence-electron chi connectivity index (χ3n) is 10.6. The SMILES string of the molecule is C[NH+]=C(N)NCCC[C@H](N)C(=O)N[C@@H](CC(C)C)C(C)=O.C[NH+]=C(N)NCCC[C@H](NC(=O)c1nc(C)n(-c2cc(Cl)cc(Cl)c2)n1)C(=O)N[C@H](CC(C)C)C(C)=O.Cc1nc(C(=O)O)nn1-c1cc(Cl)cc(Cl)c1.[2H]CF. The molecule has 0 radical (unpaired) electrons. The average Bonchev–Trinajstić information content (AvgIpc) is 3.95. The van der Waals surface area contributed by atoms with Crippen molar-refractivity contribution in [2.45, 2.75) is 118 Å². The maximum absolute atomic E-state index is 13.1. The van der Waals surface area contributed by atoms with Crippen molar-refractivity contribution in [3.05, 3.63) is 79.8 Å². The Kier molecular flexibility index (Phi) is 30.3. The first-order valence-corrected chi connectivity index (χ1v) is 25.7. The maximum atomic E-state index is 13.1. The number of aryl methyl sites for hydroxylation is 2. The lowest BCUT2D eigenvalue weighted by Gasteiger charge is -2.22. The molecule has 2 aromatic carbocycles. The summed E-state index contributed by atoms with van der Waals surface area (Å²) in [5.41, 5.74) is 18.2. The molecule has 3 amide bonds. The van der Waals surface area contributed by atoms with Crippen LogP contribution in [0.1, 0.15) is 114 Å². The van der Waals surface area contributed by atoms with Gasteiger partial charge in [-0.25, -0.2) is 24.1 Å². The smallest absolute Gasteiger partial charge is 0.375 e. The van der Waals surface area contributed by atoms with Crippen molar-refractivity contribution in [3.8, 4) is 11.4 Å². The van der Waals surface area contributed by atoms with Gasteiger partial charge in [0.1, 0.15) is 17.7 Å². The fourth-order valence-corrected chi connectivity index (χ4v) is 7.83. The van der Waals surface area contributed by atoms with E-state index < -0.39 is 49.1 Å². The summed E-state index contributed by atoms with van der Waals surface area (Å²) in [7, 11) is 2.40. The minimum atomic E-state index is -1.18. The number of hydrogen-bond acceptors (Lipinski definition) is 11. The Balaban J connectivity index is 0.000000624. The highest BCUT2D eigenvalue weighted by atomic mass is 35.5. The van der Waals surface area contributed by atoms with E-state index in [4.69, 9.17) is 70.1 Å². The molecule has 0 unspecified atom stereocenters. The summed E-state index contributed by atoms with van der Waals surface area (Å²) < 4.78 is 18.3. The number of nitrogens with two attached hydrogens (primary N) is 3. The summed E-state index contributed by atoms with van der Waals surface area (Å²) in [6, 6.07) is 7.07. The zero-order chi connectivity index (χ0) is 59.4. The van der Waals surface area contributed by atoms with Crippen LogP contribution in [0.5, 0.6) is 0 Å². The molecule has 28 heteroatoms. The fraction of sp³-hybridized carbons (Fsp3) is 0.510. The fourth-order valence-electron chi connectivity index (χ4n) is 6.80. The quantitative estimate of drug-likeness (QED) is 0.0285. The normalized spacial score (nSPS) is 12.9. The van der Waals surface area contributed by atoms with Crippen molar-refractivity contribution >= 4 is 93.6 Å². The Morgan fingerprint density at radius 1 is 0.662 bits per heavy atom. The molecule has 4 atom stereocenters. The summed E-state index contributed by atoms with van der Waals surface area (Å²) in [6.07, 6.45) is 3.16. The Morgan fingerprint density at radius 2 is 1.04 bits per heavy atom. The van der Waals surface area contributed by atoms with Crippen molar-refractivity contribution in [3.63, 3.8) is 0 Å². The number of nitrogens with zero attached hydrogens (tertiary/aromatic N) is 6. The van der Waals surface area contributed by atoms with Gasteiger partial charge in [-0.05, 0) is 114 Å². The second kappa shape index (κ2) is 35.0. The average molecular weight is 1160 g/mol. The molecule has 0 saturated heterocycles. The molecule has 4 rings (SSSR count). The van der Waals surface area contributed by atoms with Crippen LogP contribution in [-0.4, -0.2) is 140 Å². The van der Waals surface area contributed by atoms with Gasteiger partial charge in [0.25, 0.3) is 11.7 Å². The zero-order valence-corrected chi connectivity index (χ0v) is 48.0. The molecule has 0 aliphatic rings. The highest BCUT2D eigenvalue weighted by molar-refractivity contribution is 6.35. The standard InChI is InChI=1S/C24H34Cl2N8O3.C14H29N5O2.C10H7Cl2N3O2.CH3F/c1-13(2)9-20(14(3)35)32-22(36)19(7-6-8-29-24(27)28-5)31-23(37)21-30-15(4)34(33-21)18-11-16(25)10-17(26)12-18;1-9(2)8-12(10(3)20)19-13(21)11(15)6-5-7-18-14(16)17-4;1-5-13-9(10(16)17)14-15(5)8-3-6(11)2-7(12)4-8;1-2/h10-13,19-20H,6-9H2,1-5H3,(H,31,37)(H,32,36)(H3,27,28,29);9,11-12H,5-8,15H2,1-4H3,(H,19,21)(H3,16,17,18);2-4H,1H3,(H,16,17);1H3/p+2/t19-,20+;11-,12-;;/m00../s1/i;;;1D. The van der Waals surface area contributed by atoms with Crippen LogP contribution >= 0.6 is 46.4 Å². The molecule has 0 saturated carbocycles. The highest BCUT2D eigenvalue weighted by Gasteiger charge is 2.28. The lowest BCUT2D eigenvalue weighted by Crippen LogP contribution is -2.74. The van der Waals surface area contributed by atoms with Gasteiger partial charge in [0, 0.05) is 20.1 Å². The van der Waals surface area contributed by atoms with Gasteiger partial charge in [-0.1, -0.05) is 74.1 Å². The van der Waals surface area contributed by atoms with Gasteiger partial charge in [-0.15, -0.1) is 10.2 Å². The number of Topliss-reactive ketones (excluding diaryl/α,β-unsaturated/α-hetero) is 2. The molecule has 0 aliphatic heterocycles. The predicted molar refractivity (Wildman–Crippen MR) is 296 cm³/mol. The van der Waals surface area contributed by atoms with E-state index >= 15 is 0 Å². The van der Waals surface area contributed by atoms with E-state index in [-0.39, 0.29) is 41.5 Å². The molecule has 0 fully saturated rings. The number of benzene rings is 2. The second-order valence-electron chi connectivity index (χ2n) is 18.0. The lowest BCUT2D eigenvalue weighted by atomic mass is 10.00. The van der Waals surface area contributed by atoms with Crippen LogP contribution in [0.4, 0.5) is 4.39 Å². The van der Waals surface area contributed by atoms with Gasteiger partial charge >= 0.3 is 17.9 Å². The summed E-state index contributed by atoms with van der Waals surface area (Å²) in [5, 5.41) is 32.8. The molecule has 4 aromatic rings. The molecule has 0 spiro atoms. The number of halogens is 5. The topological polar surface area (TPSA) is 350 Å². The number of guanidine groups is 2. The highest BCUT2D eigenvalue weighted by Crippen LogP contribution is 2.23. The lowest BCUT2D eigenvalue weighted by molar-refractivity contribution is -0.423. The maximum Gasteiger partial charge on any atom is 0.375 e. The Bertz CT molecular complexity index is 2630. The van der Waals surface area contributed by atoms with Crippen LogP contribution in [0.15, 0.2) is 36.4 Å². The summed E-state index contributed by atoms with van der Waals surface area (Å²) >= 11 is 23.9. The minimum absolute atomic E-state index is 0.0395. The van der Waals surface area contributed by atoms with Crippen LogP contribution < -0.4 is 53.8 Å². The molecule has 2 heterocycles. The molecular formula is C49H75Cl4FN16O7+2. The number of amides is 3. The number of carboxylic acids is 1. The second-order valence-corrected chi connectivity index (χ2v) is 19.8. The van der Waals surface area contributed by atoms with Crippen LogP contribution in [0, 0.1) is 25.7 Å². The largest absolute Gasteiger partial charge is 0.475 e. The number of alkyl halides is 1. The Hall–Kier alpha value is -6.47. The van der Waals surface area contributed by atoms with Crippen LogP contribution in [-0.2, 0) is 19.2 Å². The van der Waals surface area contributed by atoms with Crippen LogP contribution in [0.25, 0.3) is 11.4 Å². The minimum Gasteiger partial charge on any atom is -0.475 e. The monoisotopic (exact) mass is 1160 g/mol. The molecule has 14 N–H and O–H groups in total. The first-order chi connectivity index (χ1) is 36.6. The molecule has 23 nitrogen and oxygen atoms in total. The first-order valence-electron chi connectivity index (χ1n) is 24.9. The summed E-state index contributed by atoms with van der Waals surface area (Å²) in [5.74, 6) is -0.841. The number of carbonyl (C=O) groups excluding carboxylic acids is 5. The molecule has 0 bridgehead atoms. The van der Waals surface area contributed by atoms with Crippen molar-refractivity contribution in [2.24, 2.45) is 29.0 Å². The number of rotatable bonds is 23. The Morgan fingerprint density at radius 3 is 1.40 bits per heavy atom. The number of aromatic carboxylic acids is 1. The number of aromatic nitrogens is 6. The molecule has 2 aromatic heterocycles. The molecule has 426 valence electrons. The zero-order valence-electron chi connectivity index (χ0n) is 46.0. The van der Waals surface area contributed by atoms with Gasteiger partial charge in [0.05, 0.1) is 65.2 Å². The third kappa shape index (κ3) is 25.5. The predicted octanol–water partition coefficient (Wildman–Crippen LogP) is 1.49. The van der Waals surface area contributed by atoms with Gasteiger partial charge in [-0.3, -0.25) is 60.4 Å². The number of ketones is 2. The van der Waals surface area contributed by atoms with E-state index in [0.717, 1.165) is 0 Å². The van der Waals surface area contributed by atoms with Crippen molar-refractivity contribution in [1.29, 1.82) is 0 Å². The number of nitrogens with one attached hydrogen (secondary N) is 7. The van der Waals surface area contributed by atoms with Crippen molar-refractivity contribution in [2.75, 3.05) is 34.3 Å². The number of carbonyl (C=O) groups is 6. The summed E-state index contributed by atoms with van der Waals surface area (Å²) in [6.45, 7) is 15.3. The van der Waals surface area contributed by atoms with E-state index in [2.05, 4.69) is 56.7 Å². The van der Waals surface area contributed by atoms with E-state index in [9.17, 15) is 33.2 Å². The van der Waals surface area contributed by atoms with Crippen molar-refractivity contribution < 1.29 is 49.6 Å². The molecular weight excluding hydrogens is 1090 g/mol. The molecule has 0 aliphatic carbocycles. The molecule has 77 heavy (non-hydrogen) atoms. The Labute approximate surface area is 469 Å². The van der Waals surface area contributed by atoms with E-state index in [0.29, 0.717) is 106 Å². The van der Waals surface area contributed by atoms with Gasteiger partial charge in [0.2, 0.25) is 17.6 Å². The van der Waals surface area contributed by atoms with E-state index in [1.807, 2.05) is 27.7 Å². The van der Waals surface area contributed by atoms with Gasteiger partial charge in [-0.2, -0.15) is 0 Å². The van der Waals surface area contributed by atoms with Crippen molar-refractivity contribution in [1.82, 2.24) is 56.1 Å². The van der Waals surface area contributed by atoms with Crippen LogP contribution in [0.2, 0.25) is 20.1 Å². The van der Waals surface area contributed by atoms with E-state index in [1.54, 1.807) is 64.3 Å². The number of carboxylic acid groups (broad SMARTS) is 1. The first kappa shape index (κ1) is 66.6.